The van der Waals surface area contributed by atoms with Gasteiger partial charge in [0.05, 0.1) is 32.0 Å². The van der Waals surface area contributed by atoms with Crippen LogP contribution < -0.4 is 9.47 Å². The van der Waals surface area contributed by atoms with Gasteiger partial charge in [0.1, 0.15) is 11.5 Å². The lowest BCUT2D eigenvalue weighted by atomic mass is 10.0. The average molecular weight is 426 g/mol. The lowest BCUT2D eigenvalue weighted by molar-refractivity contribution is 0.0686. The molecule has 10 nitrogen and oxygen atoms in total. The van der Waals surface area contributed by atoms with E-state index in [0.717, 1.165) is 25.7 Å². The monoisotopic (exact) mass is 426 g/mol. The van der Waals surface area contributed by atoms with Gasteiger partial charge in [-0.1, -0.05) is 17.3 Å². The number of hydrogen-bond donors (Lipinski definition) is 0. The Labute approximate surface area is 180 Å². The van der Waals surface area contributed by atoms with E-state index in [1.54, 1.807) is 32.4 Å². The number of rotatable bonds is 7. The van der Waals surface area contributed by atoms with Crippen LogP contribution in [0.25, 0.3) is 11.6 Å². The van der Waals surface area contributed by atoms with Gasteiger partial charge in [0, 0.05) is 25.6 Å². The van der Waals surface area contributed by atoms with Gasteiger partial charge in [-0.3, -0.25) is 4.79 Å². The maximum atomic E-state index is 13.0. The second-order valence-corrected chi connectivity index (χ2v) is 7.44. The summed E-state index contributed by atoms with van der Waals surface area (Å²) in [5.41, 5.74) is 1.10. The van der Waals surface area contributed by atoms with E-state index in [1.807, 2.05) is 15.8 Å². The molecular formula is C21H26N6O4. The SMILES string of the molecule is CCCc1noc(-c2cn(C3CCN(C(=O)c4ccc(OC)cc4OC)CC3)nn2)n1. The van der Waals surface area contributed by atoms with E-state index in [4.69, 9.17) is 14.0 Å². The van der Waals surface area contributed by atoms with E-state index in [2.05, 4.69) is 27.4 Å². The van der Waals surface area contributed by atoms with Crippen molar-refractivity contribution < 1.29 is 18.8 Å². The van der Waals surface area contributed by atoms with Crippen molar-refractivity contribution in [2.24, 2.45) is 0 Å². The Morgan fingerprint density at radius 3 is 2.74 bits per heavy atom. The van der Waals surface area contributed by atoms with E-state index in [1.165, 1.54) is 0 Å². The van der Waals surface area contributed by atoms with Crippen LogP contribution in [0.1, 0.15) is 48.4 Å². The van der Waals surface area contributed by atoms with Crippen LogP contribution in [0, 0.1) is 0 Å². The summed E-state index contributed by atoms with van der Waals surface area (Å²) in [6, 6.07) is 5.39. The molecule has 0 N–H and O–H groups in total. The Bertz CT molecular complexity index is 1040. The third-order valence-corrected chi connectivity index (χ3v) is 5.44. The lowest BCUT2D eigenvalue weighted by Gasteiger charge is -2.32. The molecule has 0 aliphatic carbocycles. The van der Waals surface area contributed by atoms with Crippen molar-refractivity contribution in [2.75, 3.05) is 27.3 Å². The molecular weight excluding hydrogens is 400 g/mol. The molecule has 1 amide bonds. The summed E-state index contributed by atoms with van der Waals surface area (Å²) in [7, 11) is 3.13. The van der Waals surface area contributed by atoms with E-state index < -0.39 is 0 Å². The minimum atomic E-state index is -0.0495. The molecule has 0 bridgehead atoms. The van der Waals surface area contributed by atoms with Crippen molar-refractivity contribution in [3.05, 3.63) is 35.8 Å². The smallest absolute Gasteiger partial charge is 0.280 e. The molecule has 4 rings (SSSR count). The molecule has 1 aromatic carbocycles. The number of carbonyl (C=O) groups is 1. The minimum Gasteiger partial charge on any atom is -0.497 e. The van der Waals surface area contributed by atoms with Crippen LogP contribution in [0.2, 0.25) is 0 Å². The number of aromatic nitrogens is 5. The fourth-order valence-corrected chi connectivity index (χ4v) is 3.72. The van der Waals surface area contributed by atoms with E-state index >= 15 is 0 Å². The number of amides is 1. The number of piperidine rings is 1. The zero-order chi connectivity index (χ0) is 21.8. The number of likely N-dealkylation sites (tertiary alicyclic amines) is 1. The highest BCUT2D eigenvalue weighted by atomic mass is 16.5. The second kappa shape index (κ2) is 9.15. The number of benzene rings is 1. The van der Waals surface area contributed by atoms with Crippen molar-refractivity contribution in [1.29, 1.82) is 0 Å². The predicted molar refractivity (Wildman–Crippen MR) is 111 cm³/mol. The third kappa shape index (κ3) is 4.37. The fraction of sp³-hybridized carbons (Fsp3) is 0.476. The summed E-state index contributed by atoms with van der Waals surface area (Å²) in [4.78, 5) is 19.2. The van der Waals surface area contributed by atoms with Gasteiger partial charge in [0.15, 0.2) is 11.5 Å². The molecule has 0 radical (unpaired) electrons. The molecule has 0 atom stereocenters. The largest absolute Gasteiger partial charge is 0.497 e. The lowest BCUT2D eigenvalue weighted by Crippen LogP contribution is -2.39. The zero-order valence-electron chi connectivity index (χ0n) is 17.9. The van der Waals surface area contributed by atoms with Gasteiger partial charge in [-0.2, -0.15) is 4.98 Å². The van der Waals surface area contributed by atoms with Crippen LogP contribution in [-0.4, -0.2) is 63.3 Å². The highest BCUT2D eigenvalue weighted by Gasteiger charge is 2.27. The van der Waals surface area contributed by atoms with E-state index in [0.29, 0.717) is 47.6 Å². The molecule has 3 heterocycles. The molecule has 3 aromatic rings. The highest BCUT2D eigenvalue weighted by molar-refractivity contribution is 5.97. The molecule has 2 aromatic heterocycles. The number of ether oxygens (including phenoxy) is 2. The first kappa shape index (κ1) is 20.8. The van der Waals surface area contributed by atoms with Crippen molar-refractivity contribution in [2.45, 2.75) is 38.6 Å². The summed E-state index contributed by atoms with van der Waals surface area (Å²) in [5.74, 6) is 2.17. The van der Waals surface area contributed by atoms with Crippen molar-refractivity contribution in [3.63, 3.8) is 0 Å². The fourth-order valence-electron chi connectivity index (χ4n) is 3.72. The Hall–Kier alpha value is -3.43. The maximum Gasteiger partial charge on any atom is 0.280 e. The molecule has 1 fully saturated rings. The standard InChI is InChI=1S/C21H26N6O4/c1-4-5-19-22-20(31-24-19)17-13-27(25-23-17)14-8-10-26(11-9-14)21(28)16-7-6-15(29-2)12-18(16)30-3/h6-7,12-14H,4-5,8-11H2,1-3H3. The first-order valence-electron chi connectivity index (χ1n) is 10.4. The van der Waals surface area contributed by atoms with Gasteiger partial charge in [0.25, 0.3) is 11.8 Å². The van der Waals surface area contributed by atoms with Crippen LogP contribution in [-0.2, 0) is 6.42 Å². The number of aryl methyl sites for hydroxylation is 1. The summed E-state index contributed by atoms with van der Waals surface area (Å²) < 4.78 is 17.7. The van der Waals surface area contributed by atoms with E-state index in [9.17, 15) is 4.79 Å². The second-order valence-electron chi connectivity index (χ2n) is 7.44. The molecule has 164 valence electrons. The summed E-state index contributed by atoms with van der Waals surface area (Å²) in [5, 5.41) is 12.4. The van der Waals surface area contributed by atoms with Gasteiger partial charge < -0.3 is 18.9 Å². The molecule has 0 saturated carbocycles. The number of nitrogens with zero attached hydrogens (tertiary/aromatic N) is 6. The Kier molecular flexibility index (Phi) is 6.15. The molecule has 0 spiro atoms. The van der Waals surface area contributed by atoms with Crippen LogP contribution >= 0.6 is 0 Å². The summed E-state index contributed by atoms with van der Waals surface area (Å²) in [6.07, 6.45) is 5.10. The molecule has 10 heteroatoms. The van der Waals surface area contributed by atoms with Gasteiger partial charge in [-0.05, 0) is 31.4 Å². The zero-order valence-corrected chi connectivity index (χ0v) is 17.9. The van der Waals surface area contributed by atoms with E-state index in [-0.39, 0.29) is 11.9 Å². The topological polar surface area (TPSA) is 108 Å². The average Bonchev–Trinajstić information content (AvgIpc) is 3.48. The number of methoxy groups -OCH3 is 2. The van der Waals surface area contributed by atoms with Gasteiger partial charge in [0.2, 0.25) is 0 Å². The minimum absolute atomic E-state index is 0.0495. The third-order valence-electron chi connectivity index (χ3n) is 5.44. The quantitative estimate of drug-likeness (QED) is 0.567. The number of hydrogen-bond acceptors (Lipinski definition) is 8. The highest BCUT2D eigenvalue weighted by Crippen LogP contribution is 2.29. The first-order chi connectivity index (χ1) is 15.1. The summed E-state index contributed by atoms with van der Waals surface area (Å²) >= 11 is 0. The Morgan fingerprint density at radius 1 is 1.23 bits per heavy atom. The van der Waals surface area contributed by atoms with Crippen molar-refractivity contribution in [3.8, 4) is 23.1 Å². The Morgan fingerprint density at radius 2 is 2.03 bits per heavy atom. The molecule has 1 saturated heterocycles. The van der Waals surface area contributed by atoms with Gasteiger partial charge >= 0.3 is 0 Å². The van der Waals surface area contributed by atoms with Gasteiger partial charge in [-0.25, -0.2) is 4.68 Å². The van der Waals surface area contributed by atoms with Crippen LogP contribution in [0.15, 0.2) is 28.9 Å². The first-order valence-corrected chi connectivity index (χ1v) is 10.4. The molecule has 1 aliphatic heterocycles. The van der Waals surface area contributed by atoms with Crippen LogP contribution in [0.5, 0.6) is 11.5 Å². The molecule has 0 unspecified atom stereocenters. The van der Waals surface area contributed by atoms with Gasteiger partial charge in [-0.15, -0.1) is 5.10 Å². The normalized spacial score (nSPS) is 14.6. The van der Waals surface area contributed by atoms with Crippen LogP contribution in [0.3, 0.4) is 0 Å². The van der Waals surface area contributed by atoms with Crippen LogP contribution in [0.4, 0.5) is 0 Å². The molecule has 31 heavy (non-hydrogen) atoms. The van der Waals surface area contributed by atoms with Crippen molar-refractivity contribution in [1.82, 2.24) is 30.0 Å². The maximum absolute atomic E-state index is 13.0. The predicted octanol–water partition coefficient (Wildman–Crippen LogP) is 2.78. The summed E-state index contributed by atoms with van der Waals surface area (Å²) in [6.45, 7) is 3.30. The number of carbonyl (C=O) groups excluding carboxylic acids is 1. The molecule has 1 aliphatic rings. The Balaban J connectivity index is 1.40. The van der Waals surface area contributed by atoms with Crippen molar-refractivity contribution >= 4 is 5.91 Å².